The van der Waals surface area contributed by atoms with E-state index in [1.165, 1.54) is 0 Å². The molecule has 0 radical (unpaired) electrons. The zero-order chi connectivity index (χ0) is 23.9. The Kier molecular flexibility index (Phi) is 8.15. The van der Waals surface area contributed by atoms with E-state index >= 15 is 0 Å². The van der Waals surface area contributed by atoms with Crippen LogP contribution in [0.3, 0.4) is 0 Å². The lowest BCUT2D eigenvalue weighted by molar-refractivity contribution is 0.122. The Morgan fingerprint density at radius 2 is 2.09 bits per heavy atom. The number of morpholine rings is 1. The first-order valence-corrected chi connectivity index (χ1v) is 11.6. The first-order valence-electron chi connectivity index (χ1n) is 10.4. The van der Waals surface area contributed by atoms with Crippen molar-refractivity contribution in [3.8, 4) is 11.5 Å². The summed E-state index contributed by atoms with van der Waals surface area (Å²) >= 11 is 9.74. The number of benzene rings is 2. The van der Waals surface area contributed by atoms with Gasteiger partial charge in [-0.1, -0.05) is 29.8 Å². The van der Waals surface area contributed by atoms with Crippen LogP contribution in [0.2, 0.25) is 5.02 Å². The van der Waals surface area contributed by atoms with E-state index < -0.39 is 5.82 Å². The highest BCUT2D eigenvalue weighted by Gasteiger charge is 2.18. The zero-order valence-corrected chi connectivity index (χ0v) is 20.6. The second-order valence-corrected chi connectivity index (χ2v) is 8.51. The second-order valence-electron chi connectivity index (χ2n) is 7.25. The molecule has 178 valence electrons. The van der Waals surface area contributed by atoms with E-state index in [9.17, 15) is 4.39 Å². The van der Waals surface area contributed by atoms with Crippen LogP contribution in [0.25, 0.3) is 0 Å². The van der Waals surface area contributed by atoms with Crippen molar-refractivity contribution >= 4 is 45.5 Å². The number of hydrogen-bond acceptors (Lipinski definition) is 8. The standard InChI is InChI=1S/C23H22BrClFN5O3/c1-32-20-11-15(10-17(24)21(20)34-14-16-4-2-3-5-18(16)25)12-28-30-23-27-13-19(26)22(29-23)31-6-8-33-9-7-31/h2-5,10-13H,6-9,14H2,1H3,(H,27,29,30)/b28-12+. The van der Waals surface area contributed by atoms with Crippen molar-refractivity contribution in [3.05, 3.63) is 69.0 Å². The van der Waals surface area contributed by atoms with Crippen LogP contribution in [0.5, 0.6) is 11.5 Å². The molecule has 34 heavy (non-hydrogen) atoms. The molecule has 1 aromatic heterocycles. The zero-order valence-electron chi connectivity index (χ0n) is 18.3. The number of methoxy groups -OCH3 is 1. The van der Waals surface area contributed by atoms with Crippen molar-refractivity contribution in [1.29, 1.82) is 0 Å². The monoisotopic (exact) mass is 549 g/mol. The van der Waals surface area contributed by atoms with E-state index in [-0.39, 0.29) is 18.4 Å². The van der Waals surface area contributed by atoms with Crippen LogP contribution >= 0.6 is 27.5 Å². The van der Waals surface area contributed by atoms with Gasteiger partial charge >= 0.3 is 0 Å². The van der Waals surface area contributed by atoms with Gasteiger partial charge in [0, 0.05) is 23.7 Å². The van der Waals surface area contributed by atoms with Gasteiger partial charge in [-0.05, 0) is 39.7 Å². The Bertz CT molecular complexity index is 1180. The predicted octanol–water partition coefficient (Wildman–Crippen LogP) is 4.90. The lowest BCUT2D eigenvalue weighted by Crippen LogP contribution is -2.37. The van der Waals surface area contributed by atoms with Crippen molar-refractivity contribution in [2.45, 2.75) is 6.61 Å². The molecule has 1 aliphatic heterocycles. The number of nitrogens with zero attached hydrogens (tertiary/aromatic N) is 4. The molecule has 1 aliphatic rings. The summed E-state index contributed by atoms with van der Waals surface area (Å²) in [7, 11) is 1.56. The first-order chi connectivity index (χ1) is 16.5. The smallest absolute Gasteiger partial charge is 0.245 e. The van der Waals surface area contributed by atoms with Gasteiger partial charge in [-0.3, -0.25) is 0 Å². The van der Waals surface area contributed by atoms with Crippen LogP contribution in [0.4, 0.5) is 16.2 Å². The normalized spacial score (nSPS) is 13.8. The minimum atomic E-state index is -0.488. The topological polar surface area (TPSA) is 81.1 Å². The molecule has 2 aromatic carbocycles. The van der Waals surface area contributed by atoms with Gasteiger partial charge in [0.1, 0.15) is 6.61 Å². The van der Waals surface area contributed by atoms with Crippen molar-refractivity contribution in [3.63, 3.8) is 0 Å². The average molecular weight is 551 g/mol. The molecule has 8 nitrogen and oxygen atoms in total. The Labute approximate surface area is 209 Å². The quantitative estimate of drug-likeness (QED) is 0.316. The van der Waals surface area contributed by atoms with Crippen molar-refractivity contribution < 1.29 is 18.6 Å². The molecule has 1 saturated heterocycles. The fraction of sp³-hybridized carbons (Fsp3) is 0.261. The highest BCUT2D eigenvalue weighted by molar-refractivity contribution is 9.10. The average Bonchev–Trinajstić information content (AvgIpc) is 2.85. The van der Waals surface area contributed by atoms with E-state index in [2.05, 4.69) is 36.4 Å². The van der Waals surface area contributed by atoms with Crippen LogP contribution in [0, 0.1) is 5.82 Å². The molecule has 0 unspecified atom stereocenters. The fourth-order valence-corrected chi connectivity index (χ4v) is 4.06. The fourth-order valence-electron chi connectivity index (χ4n) is 3.29. The van der Waals surface area contributed by atoms with Crippen molar-refractivity contribution in [2.24, 2.45) is 5.10 Å². The largest absolute Gasteiger partial charge is 0.493 e. The van der Waals surface area contributed by atoms with Gasteiger partial charge < -0.3 is 19.1 Å². The first kappa shape index (κ1) is 24.2. The molecule has 0 spiro atoms. The number of hydrogen-bond donors (Lipinski definition) is 1. The minimum Gasteiger partial charge on any atom is -0.493 e. The third-order valence-electron chi connectivity index (χ3n) is 5.00. The Balaban J connectivity index is 1.45. The molecule has 0 amide bonds. The lowest BCUT2D eigenvalue weighted by Gasteiger charge is -2.27. The van der Waals surface area contributed by atoms with E-state index in [0.717, 1.165) is 17.3 Å². The van der Waals surface area contributed by atoms with E-state index in [1.54, 1.807) is 19.4 Å². The maximum Gasteiger partial charge on any atom is 0.245 e. The molecule has 0 saturated carbocycles. The summed E-state index contributed by atoms with van der Waals surface area (Å²) in [6.07, 6.45) is 2.70. The highest BCUT2D eigenvalue weighted by Crippen LogP contribution is 2.37. The molecule has 0 aliphatic carbocycles. The van der Waals surface area contributed by atoms with Crippen LogP contribution in [-0.2, 0) is 11.3 Å². The number of rotatable bonds is 8. The lowest BCUT2D eigenvalue weighted by atomic mass is 10.2. The van der Waals surface area contributed by atoms with Gasteiger partial charge in [0.15, 0.2) is 23.1 Å². The van der Waals surface area contributed by atoms with Gasteiger partial charge in [-0.15, -0.1) is 0 Å². The molecular weight excluding hydrogens is 529 g/mol. The highest BCUT2D eigenvalue weighted by atomic mass is 79.9. The second kappa shape index (κ2) is 11.5. The van der Waals surface area contributed by atoms with Crippen molar-refractivity contribution in [2.75, 3.05) is 43.7 Å². The Morgan fingerprint density at radius 1 is 1.29 bits per heavy atom. The summed E-state index contributed by atoms with van der Waals surface area (Å²) in [6.45, 7) is 2.47. The third-order valence-corrected chi connectivity index (χ3v) is 5.95. The summed E-state index contributed by atoms with van der Waals surface area (Å²) < 4.78 is 31.6. The van der Waals surface area contributed by atoms with Crippen LogP contribution < -0.4 is 19.8 Å². The molecule has 1 N–H and O–H groups in total. The molecule has 3 aromatic rings. The summed E-state index contributed by atoms with van der Waals surface area (Å²) in [6, 6.07) is 11.1. The van der Waals surface area contributed by atoms with Crippen LogP contribution in [0.15, 0.2) is 52.2 Å². The molecule has 0 bridgehead atoms. The van der Waals surface area contributed by atoms with E-state index in [4.69, 9.17) is 25.8 Å². The molecule has 2 heterocycles. The number of ether oxygens (including phenoxy) is 3. The molecular formula is C23H22BrClFN5O3. The van der Waals surface area contributed by atoms with Gasteiger partial charge in [0.2, 0.25) is 5.95 Å². The number of nitrogens with one attached hydrogen (secondary N) is 1. The number of halogens is 3. The van der Waals surface area contributed by atoms with Gasteiger partial charge in [0.05, 0.1) is 37.2 Å². The SMILES string of the molecule is COc1cc(/C=N/Nc2ncc(F)c(N3CCOCC3)n2)cc(Br)c1OCc1ccccc1Cl. The van der Waals surface area contributed by atoms with E-state index in [1.807, 2.05) is 35.2 Å². The molecule has 11 heteroatoms. The number of hydrazone groups is 1. The minimum absolute atomic E-state index is 0.185. The summed E-state index contributed by atoms with van der Waals surface area (Å²) in [5.74, 6) is 0.989. The predicted molar refractivity (Wildman–Crippen MR) is 133 cm³/mol. The number of anilines is 2. The van der Waals surface area contributed by atoms with Gasteiger partial charge in [-0.25, -0.2) is 14.8 Å². The van der Waals surface area contributed by atoms with Gasteiger partial charge in [-0.2, -0.15) is 10.1 Å². The van der Waals surface area contributed by atoms with Crippen LogP contribution in [0.1, 0.15) is 11.1 Å². The van der Waals surface area contributed by atoms with Crippen molar-refractivity contribution in [1.82, 2.24) is 9.97 Å². The molecule has 1 fully saturated rings. The molecule has 0 atom stereocenters. The van der Waals surface area contributed by atoms with Crippen LogP contribution in [-0.4, -0.2) is 49.6 Å². The molecule has 4 rings (SSSR count). The van der Waals surface area contributed by atoms with Gasteiger partial charge in [0.25, 0.3) is 0 Å². The Hall–Kier alpha value is -2.95. The summed E-state index contributed by atoms with van der Waals surface area (Å²) in [4.78, 5) is 10.0. The third kappa shape index (κ3) is 5.94. The summed E-state index contributed by atoms with van der Waals surface area (Å²) in [5, 5.41) is 4.81. The maximum atomic E-state index is 14.2. The Morgan fingerprint density at radius 3 is 2.85 bits per heavy atom. The number of aromatic nitrogens is 2. The summed E-state index contributed by atoms with van der Waals surface area (Å²) in [5.41, 5.74) is 4.34. The maximum absolute atomic E-state index is 14.2. The van der Waals surface area contributed by atoms with E-state index in [0.29, 0.717) is 47.3 Å².